The molecular weight excluding hydrogens is 363 g/mol. The average Bonchev–Trinajstić information content (AvgIpc) is 3.02. The highest BCUT2D eigenvalue weighted by Gasteiger charge is 2.34. The van der Waals surface area contributed by atoms with Crippen LogP contribution in [0.4, 0.5) is 13.2 Å². The van der Waals surface area contributed by atoms with E-state index in [1.54, 1.807) is 35.1 Å². The van der Waals surface area contributed by atoms with Crippen molar-refractivity contribution in [3.63, 3.8) is 0 Å². The van der Waals surface area contributed by atoms with E-state index in [-0.39, 0.29) is 5.03 Å². The Morgan fingerprint density at radius 1 is 1.12 bits per heavy atom. The Morgan fingerprint density at radius 3 is 2.58 bits per heavy atom. The summed E-state index contributed by atoms with van der Waals surface area (Å²) in [6, 6.07) is 8.45. The van der Waals surface area contributed by atoms with Gasteiger partial charge in [0.1, 0.15) is 5.03 Å². The normalized spacial score (nSPS) is 11.7. The summed E-state index contributed by atoms with van der Waals surface area (Å²) in [5.74, 6) is -0.820. The van der Waals surface area contributed by atoms with Crippen LogP contribution in [0.5, 0.6) is 0 Å². The van der Waals surface area contributed by atoms with Crippen LogP contribution >= 0.6 is 23.4 Å². The van der Waals surface area contributed by atoms with Crippen LogP contribution in [0.2, 0.25) is 5.02 Å². The van der Waals surface area contributed by atoms with Gasteiger partial charge in [0.05, 0.1) is 17.6 Å². The first-order valence-electron chi connectivity index (χ1n) is 6.62. The van der Waals surface area contributed by atoms with E-state index in [0.29, 0.717) is 16.5 Å². The molecule has 1 aromatic carbocycles. The topological polar surface area (TPSA) is 56.5 Å². The molecule has 3 rings (SSSR count). The Labute approximate surface area is 143 Å². The zero-order valence-corrected chi connectivity index (χ0v) is 13.5. The van der Waals surface area contributed by atoms with Crippen LogP contribution in [-0.2, 0) is 11.9 Å². The standard InChI is InChI=1S/C14H9ClF3N5S/c15-9-1-3-11(4-2-9)23-7-10(21-22-23)8-24-12-5-6-19-13(20-12)14(16,17)18/h1-7H,8H2. The van der Waals surface area contributed by atoms with E-state index < -0.39 is 12.0 Å². The molecule has 0 saturated carbocycles. The lowest BCUT2D eigenvalue weighted by Crippen LogP contribution is -2.10. The molecule has 5 nitrogen and oxygen atoms in total. The lowest BCUT2D eigenvalue weighted by Gasteiger charge is -2.05. The van der Waals surface area contributed by atoms with Gasteiger partial charge < -0.3 is 0 Å². The van der Waals surface area contributed by atoms with Gasteiger partial charge in [0.15, 0.2) is 0 Å². The second-order valence-corrected chi connectivity index (χ2v) is 6.07. The number of nitrogens with zero attached hydrogens (tertiary/aromatic N) is 5. The third kappa shape index (κ3) is 4.04. The number of thioether (sulfide) groups is 1. The van der Waals surface area contributed by atoms with Gasteiger partial charge in [-0.2, -0.15) is 13.2 Å². The molecule has 0 fully saturated rings. The van der Waals surface area contributed by atoms with Crippen LogP contribution in [-0.4, -0.2) is 25.0 Å². The minimum absolute atomic E-state index is 0.221. The van der Waals surface area contributed by atoms with Gasteiger partial charge in [0, 0.05) is 17.0 Å². The predicted octanol–water partition coefficient (Wildman–Crippen LogP) is 4.02. The van der Waals surface area contributed by atoms with Gasteiger partial charge in [-0.05, 0) is 30.3 Å². The van der Waals surface area contributed by atoms with E-state index in [2.05, 4.69) is 20.3 Å². The molecule has 0 unspecified atom stereocenters. The smallest absolute Gasteiger partial charge is 0.233 e. The Morgan fingerprint density at radius 2 is 1.88 bits per heavy atom. The molecule has 0 saturated heterocycles. The molecule has 0 aliphatic carbocycles. The molecule has 10 heteroatoms. The van der Waals surface area contributed by atoms with E-state index in [9.17, 15) is 13.2 Å². The van der Waals surface area contributed by atoms with Crippen molar-refractivity contribution in [1.29, 1.82) is 0 Å². The fourth-order valence-corrected chi connectivity index (χ4v) is 2.65. The Bertz CT molecular complexity index is 835. The molecule has 3 aromatic rings. The quantitative estimate of drug-likeness (QED) is 0.512. The number of hydrogen-bond donors (Lipinski definition) is 0. The van der Waals surface area contributed by atoms with Gasteiger partial charge in [-0.1, -0.05) is 28.6 Å². The van der Waals surface area contributed by atoms with E-state index in [1.165, 1.54) is 6.07 Å². The zero-order valence-electron chi connectivity index (χ0n) is 11.9. The molecule has 2 heterocycles. The minimum atomic E-state index is -4.56. The van der Waals surface area contributed by atoms with Crippen LogP contribution in [0.25, 0.3) is 5.69 Å². The number of alkyl halides is 3. The summed E-state index contributed by atoms with van der Waals surface area (Å²) in [4.78, 5) is 6.72. The van der Waals surface area contributed by atoms with Gasteiger partial charge in [-0.25, -0.2) is 14.6 Å². The summed E-state index contributed by atoms with van der Waals surface area (Å²) in [5, 5.41) is 8.81. The first kappa shape index (κ1) is 16.7. The number of hydrogen-bond acceptors (Lipinski definition) is 5. The highest BCUT2D eigenvalue weighted by atomic mass is 35.5. The molecule has 0 aliphatic heterocycles. The van der Waals surface area contributed by atoms with Crippen LogP contribution < -0.4 is 0 Å². The van der Waals surface area contributed by atoms with E-state index >= 15 is 0 Å². The summed E-state index contributed by atoms with van der Waals surface area (Å²) >= 11 is 6.95. The molecule has 0 bridgehead atoms. The second kappa shape index (κ2) is 6.78. The summed E-state index contributed by atoms with van der Waals surface area (Å²) in [6.07, 6.45) is -1.78. The Kier molecular flexibility index (Phi) is 4.72. The zero-order chi connectivity index (χ0) is 17.2. The lowest BCUT2D eigenvalue weighted by atomic mass is 10.3. The van der Waals surface area contributed by atoms with Crippen LogP contribution in [0.1, 0.15) is 11.5 Å². The lowest BCUT2D eigenvalue weighted by molar-refractivity contribution is -0.145. The fraction of sp³-hybridized carbons (Fsp3) is 0.143. The molecule has 124 valence electrons. The molecule has 24 heavy (non-hydrogen) atoms. The third-order valence-electron chi connectivity index (χ3n) is 2.88. The van der Waals surface area contributed by atoms with Crippen LogP contribution in [0.3, 0.4) is 0 Å². The first-order valence-corrected chi connectivity index (χ1v) is 7.98. The largest absolute Gasteiger partial charge is 0.451 e. The van der Waals surface area contributed by atoms with Crippen LogP contribution in [0, 0.1) is 0 Å². The van der Waals surface area contributed by atoms with Crippen molar-refractivity contribution in [1.82, 2.24) is 25.0 Å². The minimum Gasteiger partial charge on any atom is -0.233 e. The molecule has 0 aliphatic rings. The van der Waals surface area contributed by atoms with Gasteiger partial charge in [0.25, 0.3) is 0 Å². The summed E-state index contributed by atoms with van der Waals surface area (Å²) < 4.78 is 39.3. The summed E-state index contributed by atoms with van der Waals surface area (Å²) in [7, 11) is 0. The molecule has 0 N–H and O–H groups in total. The van der Waals surface area contributed by atoms with Gasteiger partial charge in [-0.3, -0.25) is 0 Å². The molecule has 0 amide bonds. The Balaban J connectivity index is 1.69. The third-order valence-corrected chi connectivity index (χ3v) is 4.10. The molecule has 0 spiro atoms. The predicted molar refractivity (Wildman–Crippen MR) is 83.0 cm³/mol. The molecule has 2 aromatic heterocycles. The number of benzene rings is 1. The maximum atomic E-state index is 12.6. The Hall–Kier alpha value is -2.13. The molecule has 0 radical (unpaired) electrons. The SMILES string of the molecule is FC(F)(F)c1nccc(SCc2cn(-c3ccc(Cl)cc3)nn2)n1. The highest BCUT2D eigenvalue weighted by Crippen LogP contribution is 2.28. The van der Waals surface area contributed by atoms with Crippen molar-refractivity contribution in [2.24, 2.45) is 0 Å². The van der Waals surface area contributed by atoms with Gasteiger partial charge >= 0.3 is 6.18 Å². The second-order valence-electron chi connectivity index (χ2n) is 4.64. The van der Waals surface area contributed by atoms with E-state index in [4.69, 9.17) is 11.6 Å². The van der Waals surface area contributed by atoms with Crippen molar-refractivity contribution >= 4 is 23.4 Å². The molecule has 0 atom stereocenters. The van der Waals surface area contributed by atoms with Gasteiger partial charge in [-0.15, -0.1) is 5.10 Å². The van der Waals surface area contributed by atoms with Crippen molar-refractivity contribution in [2.45, 2.75) is 17.0 Å². The van der Waals surface area contributed by atoms with E-state index in [0.717, 1.165) is 23.6 Å². The molecular formula is C14H9ClF3N5S. The highest BCUT2D eigenvalue weighted by molar-refractivity contribution is 7.98. The summed E-state index contributed by atoms with van der Waals surface area (Å²) in [5.41, 5.74) is 1.40. The fourth-order valence-electron chi connectivity index (χ4n) is 1.79. The van der Waals surface area contributed by atoms with Crippen LogP contribution in [0.15, 0.2) is 47.8 Å². The number of rotatable bonds is 4. The maximum Gasteiger partial charge on any atom is 0.451 e. The monoisotopic (exact) mass is 371 g/mol. The number of aromatic nitrogens is 5. The van der Waals surface area contributed by atoms with E-state index in [1.807, 2.05) is 0 Å². The van der Waals surface area contributed by atoms with Crippen molar-refractivity contribution in [3.05, 3.63) is 59.3 Å². The van der Waals surface area contributed by atoms with Crippen molar-refractivity contribution in [3.8, 4) is 5.69 Å². The average molecular weight is 372 g/mol. The van der Waals surface area contributed by atoms with Gasteiger partial charge in [0.2, 0.25) is 5.82 Å². The summed E-state index contributed by atoms with van der Waals surface area (Å²) in [6.45, 7) is 0. The first-order chi connectivity index (χ1) is 11.4. The van der Waals surface area contributed by atoms with Crippen molar-refractivity contribution in [2.75, 3.05) is 0 Å². The maximum absolute atomic E-state index is 12.6. The number of halogens is 4. The van der Waals surface area contributed by atoms with Crippen molar-refractivity contribution < 1.29 is 13.2 Å².